The SMILES string of the molecule is NNc1cc(Oc2ccc(F)c(C(F)(F)F)c2)ncn1. The molecule has 2 rings (SSSR count). The third-order valence-corrected chi connectivity index (χ3v) is 2.26. The topological polar surface area (TPSA) is 73.1 Å². The first-order chi connectivity index (χ1) is 9.40. The van der Waals surface area contributed by atoms with Crippen molar-refractivity contribution in [3.05, 3.63) is 42.0 Å². The van der Waals surface area contributed by atoms with E-state index < -0.39 is 17.6 Å². The van der Waals surface area contributed by atoms with E-state index in [-0.39, 0.29) is 17.4 Å². The molecule has 0 fully saturated rings. The number of ether oxygens (including phenoxy) is 1. The van der Waals surface area contributed by atoms with Crippen LogP contribution in [0.1, 0.15) is 5.56 Å². The van der Waals surface area contributed by atoms with Gasteiger partial charge >= 0.3 is 6.18 Å². The first kappa shape index (κ1) is 14.0. The van der Waals surface area contributed by atoms with Crippen LogP contribution in [0.15, 0.2) is 30.6 Å². The van der Waals surface area contributed by atoms with E-state index in [0.29, 0.717) is 12.1 Å². The van der Waals surface area contributed by atoms with Crippen LogP contribution < -0.4 is 16.0 Å². The molecule has 3 N–H and O–H groups in total. The second-order valence-electron chi connectivity index (χ2n) is 3.63. The molecule has 2 aromatic rings. The van der Waals surface area contributed by atoms with E-state index in [9.17, 15) is 17.6 Å². The molecule has 0 aliphatic carbocycles. The van der Waals surface area contributed by atoms with E-state index in [1.807, 2.05) is 0 Å². The number of aromatic nitrogens is 2. The summed E-state index contributed by atoms with van der Waals surface area (Å²) < 4.78 is 55.8. The molecular weight excluding hydrogens is 280 g/mol. The minimum absolute atomic E-state index is 0.0346. The van der Waals surface area contributed by atoms with E-state index in [1.165, 1.54) is 6.07 Å². The summed E-state index contributed by atoms with van der Waals surface area (Å²) in [5, 5.41) is 0. The normalized spacial score (nSPS) is 11.2. The summed E-state index contributed by atoms with van der Waals surface area (Å²) in [6.45, 7) is 0. The first-order valence-corrected chi connectivity index (χ1v) is 5.23. The lowest BCUT2D eigenvalue weighted by molar-refractivity contribution is -0.140. The fourth-order valence-corrected chi connectivity index (χ4v) is 1.38. The lowest BCUT2D eigenvalue weighted by Crippen LogP contribution is -2.09. The van der Waals surface area contributed by atoms with Gasteiger partial charge in [-0.25, -0.2) is 20.2 Å². The molecule has 5 nitrogen and oxygen atoms in total. The molecule has 0 spiro atoms. The molecule has 9 heteroatoms. The van der Waals surface area contributed by atoms with Gasteiger partial charge in [0.15, 0.2) is 0 Å². The molecule has 20 heavy (non-hydrogen) atoms. The van der Waals surface area contributed by atoms with Crippen molar-refractivity contribution < 1.29 is 22.3 Å². The zero-order chi connectivity index (χ0) is 14.8. The highest BCUT2D eigenvalue weighted by Gasteiger charge is 2.34. The maximum absolute atomic E-state index is 13.1. The molecule has 0 saturated heterocycles. The van der Waals surface area contributed by atoms with Gasteiger partial charge in [-0.15, -0.1) is 0 Å². The number of rotatable bonds is 3. The molecule has 0 bridgehead atoms. The number of nitrogens with one attached hydrogen (secondary N) is 1. The van der Waals surface area contributed by atoms with Crippen LogP contribution in [-0.2, 0) is 6.18 Å². The van der Waals surface area contributed by atoms with Gasteiger partial charge in [-0.05, 0) is 18.2 Å². The second-order valence-corrected chi connectivity index (χ2v) is 3.63. The molecule has 1 aromatic heterocycles. The number of hydrogen-bond acceptors (Lipinski definition) is 5. The number of nitrogens with two attached hydrogens (primary N) is 1. The van der Waals surface area contributed by atoms with Gasteiger partial charge in [0.25, 0.3) is 0 Å². The highest BCUT2D eigenvalue weighted by Crippen LogP contribution is 2.34. The number of alkyl halides is 3. The molecule has 1 heterocycles. The van der Waals surface area contributed by atoms with E-state index in [0.717, 1.165) is 12.4 Å². The minimum Gasteiger partial charge on any atom is -0.439 e. The Labute approximate surface area is 110 Å². The Balaban J connectivity index is 2.30. The van der Waals surface area contributed by atoms with E-state index >= 15 is 0 Å². The molecule has 0 unspecified atom stereocenters. The van der Waals surface area contributed by atoms with Gasteiger partial charge in [0.05, 0.1) is 5.56 Å². The van der Waals surface area contributed by atoms with Gasteiger partial charge in [-0.1, -0.05) is 0 Å². The number of anilines is 1. The number of nitrogen functional groups attached to an aromatic ring is 1. The third kappa shape index (κ3) is 3.12. The van der Waals surface area contributed by atoms with Gasteiger partial charge < -0.3 is 10.2 Å². The standard InChI is InChI=1S/C11H8F4N4O/c12-8-2-1-6(3-7(8)11(13,14)15)20-10-4-9(19-16)17-5-18-10/h1-5H,16H2,(H,17,18,19). The molecule has 1 aromatic carbocycles. The average Bonchev–Trinajstić information content (AvgIpc) is 2.40. The van der Waals surface area contributed by atoms with E-state index in [1.54, 1.807) is 0 Å². The average molecular weight is 288 g/mol. The molecule has 0 radical (unpaired) electrons. The highest BCUT2D eigenvalue weighted by molar-refractivity contribution is 5.39. The summed E-state index contributed by atoms with van der Waals surface area (Å²) in [7, 11) is 0. The van der Waals surface area contributed by atoms with Crippen LogP contribution in [-0.4, -0.2) is 9.97 Å². The largest absolute Gasteiger partial charge is 0.439 e. The Morgan fingerprint density at radius 1 is 1.15 bits per heavy atom. The number of halogens is 4. The van der Waals surface area contributed by atoms with Crippen molar-refractivity contribution in [3.8, 4) is 11.6 Å². The Morgan fingerprint density at radius 2 is 1.90 bits per heavy atom. The van der Waals surface area contributed by atoms with Crippen LogP contribution in [0.25, 0.3) is 0 Å². The van der Waals surface area contributed by atoms with E-state index in [2.05, 4.69) is 15.4 Å². The number of hydrazine groups is 1. The molecule has 0 aliphatic rings. The molecule has 0 saturated carbocycles. The molecule has 0 atom stereocenters. The Morgan fingerprint density at radius 3 is 2.55 bits per heavy atom. The summed E-state index contributed by atoms with van der Waals surface area (Å²) in [4.78, 5) is 7.40. The van der Waals surface area contributed by atoms with Crippen LogP contribution in [0.4, 0.5) is 23.4 Å². The van der Waals surface area contributed by atoms with E-state index in [4.69, 9.17) is 10.6 Å². The molecule has 0 aliphatic heterocycles. The van der Waals surface area contributed by atoms with Crippen LogP contribution in [0, 0.1) is 5.82 Å². The van der Waals surface area contributed by atoms with Gasteiger partial charge in [-0.3, -0.25) is 0 Å². The lowest BCUT2D eigenvalue weighted by atomic mass is 10.2. The number of benzene rings is 1. The molecular formula is C11H8F4N4O. The molecule has 106 valence electrons. The van der Waals surface area contributed by atoms with Crippen LogP contribution in [0.2, 0.25) is 0 Å². The van der Waals surface area contributed by atoms with Crippen LogP contribution in [0.3, 0.4) is 0 Å². The molecule has 0 amide bonds. The lowest BCUT2D eigenvalue weighted by Gasteiger charge is -2.10. The highest BCUT2D eigenvalue weighted by atomic mass is 19.4. The smallest absolute Gasteiger partial charge is 0.419 e. The van der Waals surface area contributed by atoms with Crippen molar-refractivity contribution in [1.29, 1.82) is 0 Å². The zero-order valence-electron chi connectivity index (χ0n) is 9.78. The Hall–Kier alpha value is -2.42. The van der Waals surface area contributed by atoms with Gasteiger partial charge in [0, 0.05) is 6.07 Å². The van der Waals surface area contributed by atoms with Gasteiger partial charge in [-0.2, -0.15) is 13.2 Å². The number of hydrogen-bond donors (Lipinski definition) is 2. The maximum atomic E-state index is 13.1. The predicted octanol–water partition coefficient (Wildman–Crippen LogP) is 2.71. The third-order valence-electron chi connectivity index (χ3n) is 2.26. The summed E-state index contributed by atoms with van der Waals surface area (Å²) in [6.07, 6.45) is -3.70. The quantitative estimate of drug-likeness (QED) is 0.516. The first-order valence-electron chi connectivity index (χ1n) is 5.23. The van der Waals surface area contributed by atoms with Gasteiger partial charge in [0.2, 0.25) is 5.88 Å². The second kappa shape index (κ2) is 5.29. The van der Waals surface area contributed by atoms with Crippen molar-refractivity contribution >= 4 is 5.82 Å². The van der Waals surface area contributed by atoms with Crippen LogP contribution in [0.5, 0.6) is 11.6 Å². The fraction of sp³-hybridized carbons (Fsp3) is 0.0909. The van der Waals surface area contributed by atoms with Crippen molar-refractivity contribution in [3.63, 3.8) is 0 Å². The minimum atomic E-state index is -4.81. The zero-order valence-corrected chi connectivity index (χ0v) is 9.78. The van der Waals surface area contributed by atoms with Crippen LogP contribution >= 0.6 is 0 Å². The van der Waals surface area contributed by atoms with Crippen molar-refractivity contribution in [2.24, 2.45) is 5.84 Å². The van der Waals surface area contributed by atoms with Crippen molar-refractivity contribution in [1.82, 2.24) is 9.97 Å². The number of nitrogens with zero attached hydrogens (tertiary/aromatic N) is 2. The predicted molar refractivity (Wildman–Crippen MR) is 61.3 cm³/mol. The fourth-order valence-electron chi connectivity index (χ4n) is 1.38. The maximum Gasteiger partial charge on any atom is 0.419 e. The summed E-state index contributed by atoms with van der Waals surface area (Å²) in [5.74, 6) is 3.71. The summed E-state index contributed by atoms with van der Waals surface area (Å²) in [5.41, 5.74) is 0.811. The van der Waals surface area contributed by atoms with Crippen molar-refractivity contribution in [2.45, 2.75) is 6.18 Å². The van der Waals surface area contributed by atoms with Gasteiger partial charge in [0.1, 0.15) is 23.7 Å². The monoisotopic (exact) mass is 288 g/mol. The Kier molecular flexibility index (Phi) is 3.70. The van der Waals surface area contributed by atoms with Crippen molar-refractivity contribution in [2.75, 3.05) is 5.43 Å². The Bertz CT molecular complexity index is 618. The summed E-state index contributed by atoms with van der Waals surface area (Å²) in [6, 6.07) is 3.55. The summed E-state index contributed by atoms with van der Waals surface area (Å²) >= 11 is 0.